The van der Waals surface area contributed by atoms with E-state index >= 15 is 0 Å². The zero-order valence-corrected chi connectivity index (χ0v) is 16.7. The van der Waals surface area contributed by atoms with E-state index in [1.54, 1.807) is 7.11 Å². The first-order chi connectivity index (χ1) is 13.0. The highest BCUT2D eigenvalue weighted by Crippen LogP contribution is 2.26. The molecule has 0 atom stereocenters. The van der Waals surface area contributed by atoms with Gasteiger partial charge >= 0.3 is 6.03 Å². The molecule has 0 radical (unpaired) electrons. The molecule has 1 aromatic carbocycles. The summed E-state index contributed by atoms with van der Waals surface area (Å²) in [4.78, 5) is 29.4. The van der Waals surface area contributed by atoms with Crippen LogP contribution in [0, 0.1) is 13.8 Å². The number of nitrogens with zero attached hydrogens (tertiary/aromatic N) is 2. The number of ether oxygens (including phenoxy) is 1. The Balaban J connectivity index is 1.65. The number of benzene rings is 1. The molecular weight excluding hydrogens is 342 g/mol. The van der Waals surface area contributed by atoms with E-state index in [0.29, 0.717) is 43.5 Å². The van der Waals surface area contributed by atoms with E-state index in [4.69, 9.17) is 4.74 Å². The second-order valence-electron chi connectivity index (χ2n) is 7.72. The van der Waals surface area contributed by atoms with Crippen molar-refractivity contribution < 1.29 is 14.3 Å². The summed E-state index contributed by atoms with van der Waals surface area (Å²) >= 11 is 0. The molecule has 1 aliphatic heterocycles. The standard InChI is InChI=1S/C21H31N3O3/c1-15-13-16(2)19(18(14-15)27-3)20(25)23-9-6-10-24(12-11-23)21(26)22-17-7-4-5-8-17/h13-14,17H,4-12H2,1-3H3,(H,22,26). The fourth-order valence-electron chi connectivity index (χ4n) is 4.18. The average molecular weight is 373 g/mol. The van der Waals surface area contributed by atoms with Crippen molar-refractivity contribution in [3.05, 3.63) is 28.8 Å². The fraction of sp³-hybridized carbons (Fsp3) is 0.619. The van der Waals surface area contributed by atoms with Crippen molar-refractivity contribution in [3.8, 4) is 5.75 Å². The van der Waals surface area contributed by atoms with E-state index in [0.717, 1.165) is 30.4 Å². The Morgan fingerprint density at radius 2 is 1.67 bits per heavy atom. The third kappa shape index (κ3) is 4.54. The smallest absolute Gasteiger partial charge is 0.317 e. The Bertz CT molecular complexity index is 698. The van der Waals surface area contributed by atoms with Gasteiger partial charge in [-0.05, 0) is 50.3 Å². The van der Waals surface area contributed by atoms with Gasteiger partial charge in [0, 0.05) is 32.2 Å². The largest absolute Gasteiger partial charge is 0.496 e. The van der Waals surface area contributed by atoms with Crippen LogP contribution < -0.4 is 10.1 Å². The van der Waals surface area contributed by atoms with Gasteiger partial charge in [-0.15, -0.1) is 0 Å². The zero-order valence-electron chi connectivity index (χ0n) is 16.7. The maximum absolute atomic E-state index is 13.1. The lowest BCUT2D eigenvalue weighted by Crippen LogP contribution is -2.45. The third-order valence-corrected chi connectivity index (χ3v) is 5.63. The first-order valence-electron chi connectivity index (χ1n) is 9.99. The van der Waals surface area contributed by atoms with Crippen molar-refractivity contribution in [1.29, 1.82) is 0 Å². The molecule has 148 valence electrons. The third-order valence-electron chi connectivity index (χ3n) is 5.63. The monoisotopic (exact) mass is 373 g/mol. The number of nitrogens with one attached hydrogen (secondary N) is 1. The number of rotatable bonds is 3. The van der Waals surface area contributed by atoms with Gasteiger partial charge in [0.15, 0.2) is 0 Å². The highest BCUT2D eigenvalue weighted by Gasteiger charge is 2.27. The summed E-state index contributed by atoms with van der Waals surface area (Å²) in [6.07, 6.45) is 5.35. The second-order valence-corrected chi connectivity index (χ2v) is 7.72. The predicted octanol–water partition coefficient (Wildman–Crippen LogP) is 3.11. The van der Waals surface area contributed by atoms with Crippen molar-refractivity contribution in [3.63, 3.8) is 0 Å². The van der Waals surface area contributed by atoms with Crippen LogP contribution in [0.3, 0.4) is 0 Å². The molecule has 3 rings (SSSR count). The van der Waals surface area contributed by atoms with Crippen LogP contribution in [-0.2, 0) is 0 Å². The molecule has 1 aromatic rings. The molecule has 1 heterocycles. The number of methoxy groups -OCH3 is 1. The van der Waals surface area contributed by atoms with Crippen molar-refractivity contribution in [2.24, 2.45) is 0 Å². The van der Waals surface area contributed by atoms with Gasteiger partial charge in [0.25, 0.3) is 5.91 Å². The lowest BCUT2D eigenvalue weighted by atomic mass is 10.0. The van der Waals surface area contributed by atoms with Gasteiger partial charge in [0.2, 0.25) is 0 Å². The van der Waals surface area contributed by atoms with Crippen LogP contribution in [-0.4, -0.2) is 61.1 Å². The van der Waals surface area contributed by atoms with E-state index < -0.39 is 0 Å². The maximum Gasteiger partial charge on any atom is 0.317 e. The van der Waals surface area contributed by atoms with E-state index in [1.165, 1.54) is 12.8 Å². The Morgan fingerprint density at radius 3 is 2.37 bits per heavy atom. The van der Waals surface area contributed by atoms with E-state index in [1.807, 2.05) is 35.8 Å². The van der Waals surface area contributed by atoms with Gasteiger partial charge in [0.05, 0.1) is 12.7 Å². The summed E-state index contributed by atoms with van der Waals surface area (Å²) < 4.78 is 5.46. The van der Waals surface area contributed by atoms with Crippen LogP contribution in [0.15, 0.2) is 12.1 Å². The Labute approximate surface area is 161 Å². The summed E-state index contributed by atoms with van der Waals surface area (Å²) in [5.74, 6) is 0.611. The van der Waals surface area contributed by atoms with Gasteiger partial charge in [0.1, 0.15) is 5.75 Å². The average Bonchev–Trinajstić information content (AvgIpc) is 3.01. The predicted molar refractivity (Wildman–Crippen MR) is 105 cm³/mol. The number of aryl methyl sites for hydroxylation is 2. The van der Waals surface area contributed by atoms with Gasteiger partial charge in [-0.3, -0.25) is 4.79 Å². The molecule has 27 heavy (non-hydrogen) atoms. The summed E-state index contributed by atoms with van der Waals surface area (Å²) in [7, 11) is 1.60. The number of urea groups is 1. The van der Waals surface area contributed by atoms with E-state index in [-0.39, 0.29) is 11.9 Å². The van der Waals surface area contributed by atoms with Crippen molar-refractivity contribution in [1.82, 2.24) is 15.1 Å². The molecule has 1 saturated heterocycles. The first-order valence-corrected chi connectivity index (χ1v) is 9.99. The number of hydrogen-bond acceptors (Lipinski definition) is 3. The van der Waals surface area contributed by atoms with Crippen molar-refractivity contribution >= 4 is 11.9 Å². The Hall–Kier alpha value is -2.24. The van der Waals surface area contributed by atoms with Gasteiger partial charge in [-0.1, -0.05) is 18.9 Å². The van der Waals surface area contributed by atoms with Crippen LogP contribution in [0.1, 0.15) is 53.6 Å². The van der Waals surface area contributed by atoms with Crippen LogP contribution in [0.4, 0.5) is 4.79 Å². The second kappa shape index (κ2) is 8.63. The molecule has 0 aromatic heterocycles. The molecule has 0 unspecified atom stereocenters. The minimum absolute atomic E-state index is 0.0117. The molecule has 2 fully saturated rings. The molecule has 6 nitrogen and oxygen atoms in total. The SMILES string of the molecule is COc1cc(C)cc(C)c1C(=O)N1CCCN(C(=O)NC2CCCC2)CC1. The first kappa shape index (κ1) is 19.5. The summed E-state index contributed by atoms with van der Waals surface area (Å²) in [6, 6.07) is 4.24. The van der Waals surface area contributed by atoms with Crippen LogP contribution in [0.2, 0.25) is 0 Å². The van der Waals surface area contributed by atoms with Crippen LogP contribution in [0.25, 0.3) is 0 Å². The van der Waals surface area contributed by atoms with Gasteiger partial charge < -0.3 is 19.9 Å². The molecular formula is C21H31N3O3. The normalized spacial score (nSPS) is 18.3. The summed E-state index contributed by atoms with van der Waals surface area (Å²) in [5.41, 5.74) is 2.63. The van der Waals surface area contributed by atoms with Crippen LogP contribution >= 0.6 is 0 Å². The summed E-state index contributed by atoms with van der Waals surface area (Å²) in [6.45, 7) is 6.40. The highest BCUT2D eigenvalue weighted by molar-refractivity contribution is 5.98. The maximum atomic E-state index is 13.1. The summed E-state index contributed by atoms with van der Waals surface area (Å²) in [5, 5.41) is 3.15. The Morgan fingerprint density at radius 1 is 1.00 bits per heavy atom. The van der Waals surface area contributed by atoms with Gasteiger partial charge in [-0.25, -0.2) is 4.79 Å². The molecule has 0 spiro atoms. The molecule has 1 aliphatic carbocycles. The molecule has 6 heteroatoms. The van der Waals surface area contributed by atoms with Crippen molar-refractivity contribution in [2.75, 3.05) is 33.3 Å². The topological polar surface area (TPSA) is 61.9 Å². The number of carbonyl (C=O) groups is 2. The number of hydrogen-bond donors (Lipinski definition) is 1. The molecule has 1 saturated carbocycles. The fourth-order valence-corrected chi connectivity index (χ4v) is 4.18. The minimum Gasteiger partial charge on any atom is -0.496 e. The zero-order chi connectivity index (χ0) is 19.4. The van der Waals surface area contributed by atoms with Gasteiger partial charge in [-0.2, -0.15) is 0 Å². The van der Waals surface area contributed by atoms with Crippen LogP contribution in [0.5, 0.6) is 5.75 Å². The molecule has 1 N–H and O–H groups in total. The quantitative estimate of drug-likeness (QED) is 0.886. The lowest BCUT2D eigenvalue weighted by Gasteiger charge is -2.25. The highest BCUT2D eigenvalue weighted by atomic mass is 16.5. The number of carbonyl (C=O) groups excluding carboxylic acids is 2. The Kier molecular flexibility index (Phi) is 6.24. The minimum atomic E-state index is -0.0117. The molecule has 2 aliphatic rings. The van der Waals surface area contributed by atoms with E-state index in [2.05, 4.69) is 5.32 Å². The van der Waals surface area contributed by atoms with Crippen molar-refractivity contribution in [2.45, 2.75) is 52.0 Å². The molecule has 0 bridgehead atoms. The van der Waals surface area contributed by atoms with E-state index in [9.17, 15) is 9.59 Å². The molecule has 3 amide bonds. The lowest BCUT2D eigenvalue weighted by molar-refractivity contribution is 0.0758. The number of amides is 3.